The van der Waals surface area contributed by atoms with Crippen molar-refractivity contribution in [1.82, 2.24) is 10.1 Å². The van der Waals surface area contributed by atoms with Gasteiger partial charge in [-0.1, -0.05) is 5.16 Å². The topological polar surface area (TPSA) is 64.5 Å². The average molecular weight is 239 g/mol. The van der Waals surface area contributed by atoms with Gasteiger partial charge in [-0.3, -0.25) is 0 Å². The highest BCUT2D eigenvalue weighted by atomic mass is 16.5. The highest BCUT2D eigenvalue weighted by Gasteiger charge is 2.20. The normalized spacial score (nSPS) is 21.2. The molecule has 96 valence electrons. The van der Waals surface area contributed by atoms with E-state index in [1.165, 1.54) is 19.4 Å². The van der Waals surface area contributed by atoms with Gasteiger partial charge in [-0.05, 0) is 32.9 Å². The standard InChI is InChI=1S/C12H21N3O2/c1-15-5-2-3-11(15)4-6-16-9-12-7-10(8-13)14-17-12/h7,11H,2-6,8-9,13H2,1H3. The van der Waals surface area contributed by atoms with Crippen LogP contribution in [-0.2, 0) is 17.9 Å². The van der Waals surface area contributed by atoms with Gasteiger partial charge in [0.1, 0.15) is 6.61 Å². The number of aromatic nitrogens is 1. The molecule has 0 aromatic carbocycles. The Labute approximate surface area is 102 Å². The lowest BCUT2D eigenvalue weighted by atomic mass is 10.1. The first kappa shape index (κ1) is 12.5. The van der Waals surface area contributed by atoms with Gasteiger partial charge in [-0.25, -0.2) is 0 Å². The van der Waals surface area contributed by atoms with E-state index in [2.05, 4.69) is 17.1 Å². The van der Waals surface area contributed by atoms with E-state index in [4.69, 9.17) is 15.0 Å². The number of likely N-dealkylation sites (tertiary alicyclic amines) is 1. The second-order valence-corrected chi connectivity index (χ2v) is 4.61. The molecular formula is C12H21N3O2. The molecule has 0 spiro atoms. The Balaban J connectivity index is 1.62. The molecule has 1 unspecified atom stereocenters. The molecule has 1 fully saturated rings. The van der Waals surface area contributed by atoms with Crippen molar-refractivity contribution in [3.63, 3.8) is 0 Å². The van der Waals surface area contributed by atoms with E-state index >= 15 is 0 Å². The zero-order valence-electron chi connectivity index (χ0n) is 10.4. The summed E-state index contributed by atoms with van der Waals surface area (Å²) in [5, 5.41) is 3.81. The summed E-state index contributed by atoms with van der Waals surface area (Å²) >= 11 is 0. The van der Waals surface area contributed by atoms with Gasteiger partial charge in [0.05, 0.1) is 5.69 Å². The Morgan fingerprint density at radius 2 is 2.53 bits per heavy atom. The van der Waals surface area contributed by atoms with Crippen LogP contribution in [0.15, 0.2) is 10.6 Å². The molecule has 1 aliphatic heterocycles. The third-order valence-electron chi connectivity index (χ3n) is 3.33. The van der Waals surface area contributed by atoms with Crippen LogP contribution in [0.4, 0.5) is 0 Å². The van der Waals surface area contributed by atoms with Crippen molar-refractivity contribution in [2.75, 3.05) is 20.2 Å². The lowest BCUT2D eigenvalue weighted by molar-refractivity contribution is 0.0854. The second-order valence-electron chi connectivity index (χ2n) is 4.61. The van der Waals surface area contributed by atoms with Crippen LogP contribution in [0.1, 0.15) is 30.7 Å². The Morgan fingerprint density at radius 1 is 1.65 bits per heavy atom. The lowest BCUT2D eigenvalue weighted by Crippen LogP contribution is -2.26. The zero-order chi connectivity index (χ0) is 12.1. The van der Waals surface area contributed by atoms with Gasteiger partial charge in [0.25, 0.3) is 0 Å². The molecule has 1 saturated heterocycles. The van der Waals surface area contributed by atoms with E-state index in [0.29, 0.717) is 19.2 Å². The maximum absolute atomic E-state index is 5.59. The van der Waals surface area contributed by atoms with Crippen molar-refractivity contribution in [1.29, 1.82) is 0 Å². The van der Waals surface area contributed by atoms with Gasteiger partial charge in [0.2, 0.25) is 0 Å². The number of hydrogen-bond donors (Lipinski definition) is 1. The van der Waals surface area contributed by atoms with E-state index in [9.17, 15) is 0 Å². The van der Waals surface area contributed by atoms with Crippen LogP contribution in [0.25, 0.3) is 0 Å². The minimum atomic E-state index is 0.413. The predicted molar refractivity (Wildman–Crippen MR) is 64.3 cm³/mol. The van der Waals surface area contributed by atoms with Crippen molar-refractivity contribution in [3.05, 3.63) is 17.5 Å². The fourth-order valence-corrected chi connectivity index (χ4v) is 2.26. The first-order chi connectivity index (χ1) is 8.29. The molecular weight excluding hydrogens is 218 g/mol. The Hall–Kier alpha value is -0.910. The summed E-state index contributed by atoms with van der Waals surface area (Å²) in [5.41, 5.74) is 6.22. The highest BCUT2D eigenvalue weighted by molar-refractivity contribution is 5.03. The molecule has 2 heterocycles. The summed E-state index contributed by atoms with van der Waals surface area (Å²) in [4.78, 5) is 2.41. The average Bonchev–Trinajstić information content (AvgIpc) is 2.94. The van der Waals surface area contributed by atoms with Crippen molar-refractivity contribution in [2.24, 2.45) is 5.73 Å². The summed E-state index contributed by atoms with van der Waals surface area (Å²) in [5.74, 6) is 0.755. The molecule has 1 aromatic heterocycles. The number of ether oxygens (including phenoxy) is 1. The first-order valence-corrected chi connectivity index (χ1v) is 6.22. The highest BCUT2D eigenvalue weighted by Crippen LogP contribution is 2.17. The Morgan fingerprint density at radius 3 is 3.18 bits per heavy atom. The van der Waals surface area contributed by atoms with Crippen molar-refractivity contribution in [3.8, 4) is 0 Å². The van der Waals surface area contributed by atoms with Crippen molar-refractivity contribution < 1.29 is 9.26 Å². The molecule has 0 saturated carbocycles. The number of rotatable bonds is 6. The van der Waals surface area contributed by atoms with Crippen LogP contribution in [-0.4, -0.2) is 36.3 Å². The van der Waals surface area contributed by atoms with Crippen LogP contribution in [0.3, 0.4) is 0 Å². The van der Waals surface area contributed by atoms with E-state index in [1.807, 2.05) is 6.07 Å². The molecule has 0 aliphatic carbocycles. The van der Waals surface area contributed by atoms with Crippen LogP contribution in [0.2, 0.25) is 0 Å². The summed E-state index contributed by atoms with van der Waals surface area (Å²) in [6.07, 6.45) is 3.69. The van der Waals surface area contributed by atoms with E-state index in [0.717, 1.165) is 24.5 Å². The van der Waals surface area contributed by atoms with Gasteiger partial charge >= 0.3 is 0 Å². The Kier molecular flexibility index (Phi) is 4.53. The van der Waals surface area contributed by atoms with Crippen LogP contribution < -0.4 is 5.73 Å². The molecule has 17 heavy (non-hydrogen) atoms. The third-order valence-corrected chi connectivity index (χ3v) is 3.33. The summed E-state index contributed by atoms with van der Waals surface area (Å²) in [6.45, 7) is 2.89. The second kappa shape index (κ2) is 6.14. The monoisotopic (exact) mass is 239 g/mol. The van der Waals surface area contributed by atoms with Gasteiger partial charge in [0.15, 0.2) is 5.76 Å². The predicted octanol–water partition coefficient (Wildman–Crippen LogP) is 1.13. The minimum absolute atomic E-state index is 0.413. The summed E-state index contributed by atoms with van der Waals surface area (Å²) in [6, 6.07) is 2.53. The van der Waals surface area contributed by atoms with Crippen LogP contribution in [0, 0.1) is 0 Å². The lowest BCUT2D eigenvalue weighted by Gasteiger charge is -2.18. The van der Waals surface area contributed by atoms with Crippen LogP contribution >= 0.6 is 0 Å². The first-order valence-electron chi connectivity index (χ1n) is 6.22. The fourth-order valence-electron chi connectivity index (χ4n) is 2.26. The fraction of sp³-hybridized carbons (Fsp3) is 0.750. The van der Waals surface area contributed by atoms with E-state index in [-0.39, 0.29) is 0 Å². The maximum Gasteiger partial charge on any atom is 0.162 e. The number of nitrogens with two attached hydrogens (primary N) is 1. The summed E-state index contributed by atoms with van der Waals surface area (Å²) < 4.78 is 10.7. The van der Waals surface area contributed by atoms with Gasteiger partial charge in [0, 0.05) is 25.3 Å². The molecule has 1 atom stereocenters. The van der Waals surface area contributed by atoms with E-state index < -0.39 is 0 Å². The Bertz CT molecular complexity index is 340. The van der Waals surface area contributed by atoms with Crippen molar-refractivity contribution in [2.45, 2.75) is 38.5 Å². The third kappa shape index (κ3) is 3.52. The molecule has 2 N–H and O–H groups in total. The SMILES string of the molecule is CN1CCCC1CCOCc1cc(CN)no1. The van der Waals surface area contributed by atoms with Gasteiger partial charge in [-0.2, -0.15) is 0 Å². The van der Waals surface area contributed by atoms with Gasteiger partial charge in [-0.15, -0.1) is 0 Å². The van der Waals surface area contributed by atoms with Crippen LogP contribution in [0.5, 0.6) is 0 Å². The number of hydrogen-bond acceptors (Lipinski definition) is 5. The molecule has 2 rings (SSSR count). The summed E-state index contributed by atoms with van der Waals surface area (Å²) in [7, 11) is 2.18. The largest absolute Gasteiger partial charge is 0.373 e. The van der Waals surface area contributed by atoms with Crippen molar-refractivity contribution >= 4 is 0 Å². The molecule has 1 aliphatic rings. The zero-order valence-corrected chi connectivity index (χ0v) is 10.4. The number of nitrogens with zero attached hydrogens (tertiary/aromatic N) is 2. The minimum Gasteiger partial charge on any atom is -0.373 e. The van der Waals surface area contributed by atoms with Gasteiger partial charge < -0.3 is 19.9 Å². The quantitative estimate of drug-likeness (QED) is 0.754. The molecule has 1 aromatic rings. The molecule has 5 heteroatoms. The maximum atomic E-state index is 5.59. The smallest absolute Gasteiger partial charge is 0.162 e. The molecule has 0 amide bonds. The molecule has 0 bridgehead atoms. The van der Waals surface area contributed by atoms with E-state index in [1.54, 1.807) is 0 Å². The molecule has 5 nitrogen and oxygen atoms in total. The molecule has 0 radical (unpaired) electrons.